The zero-order valence-corrected chi connectivity index (χ0v) is 14.8. The molecule has 0 spiro atoms. The van der Waals surface area contributed by atoms with Crippen LogP contribution in [0.5, 0.6) is 0 Å². The first-order chi connectivity index (χ1) is 9.84. The van der Waals surface area contributed by atoms with Crippen LogP contribution in [0.3, 0.4) is 0 Å². The molecule has 1 aliphatic carbocycles. The molecule has 0 saturated heterocycles. The molecule has 4 unspecified atom stereocenters. The Morgan fingerprint density at radius 1 is 1.19 bits per heavy atom. The highest BCUT2D eigenvalue weighted by atomic mass is 16.5. The zero-order valence-electron chi connectivity index (χ0n) is 14.8. The van der Waals surface area contributed by atoms with Gasteiger partial charge in [0.05, 0.1) is 18.8 Å². The molecule has 0 radical (unpaired) electrons. The minimum Gasteiger partial charge on any atom is -0.389 e. The highest BCUT2D eigenvalue weighted by Crippen LogP contribution is 2.29. The van der Waals surface area contributed by atoms with E-state index in [1.54, 1.807) is 0 Å². The van der Waals surface area contributed by atoms with Crippen LogP contribution < -0.4 is 5.32 Å². The molecule has 1 saturated carbocycles. The van der Waals surface area contributed by atoms with E-state index < -0.39 is 6.10 Å². The molecule has 0 heterocycles. The Balaban J connectivity index is 2.17. The summed E-state index contributed by atoms with van der Waals surface area (Å²) >= 11 is 0. The van der Waals surface area contributed by atoms with E-state index in [1.165, 1.54) is 32.1 Å². The molecule has 1 fully saturated rings. The Kier molecular flexibility index (Phi) is 8.22. The summed E-state index contributed by atoms with van der Waals surface area (Å²) < 4.78 is 5.98. The molecule has 1 aliphatic rings. The molecule has 0 aliphatic heterocycles. The van der Waals surface area contributed by atoms with Crippen LogP contribution in [-0.2, 0) is 4.74 Å². The highest BCUT2D eigenvalue weighted by Gasteiger charge is 2.25. The summed E-state index contributed by atoms with van der Waals surface area (Å²) in [4.78, 5) is 0. The molecule has 0 amide bonds. The van der Waals surface area contributed by atoms with Gasteiger partial charge in [-0.2, -0.15) is 0 Å². The van der Waals surface area contributed by atoms with Gasteiger partial charge in [0.2, 0.25) is 0 Å². The van der Waals surface area contributed by atoms with Gasteiger partial charge in [-0.3, -0.25) is 0 Å². The zero-order chi connectivity index (χ0) is 15.9. The Labute approximate surface area is 131 Å². The molecule has 2 N–H and O–H groups in total. The van der Waals surface area contributed by atoms with Crippen LogP contribution in [0.4, 0.5) is 0 Å². The van der Waals surface area contributed by atoms with Crippen molar-refractivity contribution < 1.29 is 9.84 Å². The van der Waals surface area contributed by atoms with E-state index in [9.17, 15) is 5.11 Å². The van der Waals surface area contributed by atoms with Crippen LogP contribution in [0, 0.1) is 17.3 Å². The minimum atomic E-state index is -0.392. The Morgan fingerprint density at radius 2 is 1.86 bits per heavy atom. The van der Waals surface area contributed by atoms with E-state index in [0.717, 1.165) is 6.54 Å². The lowest BCUT2D eigenvalue weighted by molar-refractivity contribution is -0.0501. The molecule has 126 valence electrons. The van der Waals surface area contributed by atoms with Crippen LogP contribution in [0.1, 0.15) is 66.7 Å². The maximum absolute atomic E-state index is 10.1. The third-order valence-corrected chi connectivity index (χ3v) is 5.18. The summed E-state index contributed by atoms with van der Waals surface area (Å²) in [7, 11) is 0. The third kappa shape index (κ3) is 7.12. The second kappa shape index (κ2) is 9.12. The quantitative estimate of drug-likeness (QED) is 0.719. The SMILES string of the molecule is CCC1CCCCC1OCC(O)CNCC(C)C(C)(C)C. The van der Waals surface area contributed by atoms with Gasteiger partial charge in [0.15, 0.2) is 0 Å². The van der Waals surface area contributed by atoms with Gasteiger partial charge in [0.1, 0.15) is 0 Å². The van der Waals surface area contributed by atoms with Crippen molar-refractivity contribution in [3.05, 3.63) is 0 Å². The average molecular weight is 299 g/mol. The van der Waals surface area contributed by atoms with Crippen LogP contribution >= 0.6 is 0 Å². The van der Waals surface area contributed by atoms with Gasteiger partial charge in [-0.15, -0.1) is 0 Å². The molecular formula is C18H37NO2. The number of nitrogens with one attached hydrogen (secondary N) is 1. The average Bonchev–Trinajstić information content (AvgIpc) is 2.44. The molecule has 0 aromatic heterocycles. The lowest BCUT2D eigenvalue weighted by atomic mass is 9.82. The number of ether oxygens (including phenoxy) is 1. The van der Waals surface area contributed by atoms with Crippen LogP contribution in [0.2, 0.25) is 0 Å². The van der Waals surface area contributed by atoms with Crippen molar-refractivity contribution >= 4 is 0 Å². The summed E-state index contributed by atoms with van der Waals surface area (Å²) in [5.41, 5.74) is 0.310. The fourth-order valence-electron chi connectivity index (χ4n) is 2.93. The Hall–Kier alpha value is -0.120. The minimum absolute atomic E-state index is 0.310. The van der Waals surface area contributed by atoms with Crippen molar-refractivity contribution in [2.75, 3.05) is 19.7 Å². The van der Waals surface area contributed by atoms with Crippen molar-refractivity contribution in [3.8, 4) is 0 Å². The topological polar surface area (TPSA) is 41.5 Å². The monoisotopic (exact) mass is 299 g/mol. The summed E-state index contributed by atoms with van der Waals surface area (Å²) in [5, 5.41) is 13.4. The van der Waals surface area contributed by atoms with Gasteiger partial charge in [0, 0.05) is 6.54 Å². The van der Waals surface area contributed by atoms with Gasteiger partial charge < -0.3 is 15.2 Å². The van der Waals surface area contributed by atoms with E-state index in [-0.39, 0.29) is 0 Å². The summed E-state index contributed by atoms with van der Waals surface area (Å²) in [5.74, 6) is 1.29. The lowest BCUT2D eigenvalue weighted by Crippen LogP contribution is -2.38. The maximum Gasteiger partial charge on any atom is 0.0897 e. The molecule has 3 nitrogen and oxygen atoms in total. The fraction of sp³-hybridized carbons (Fsp3) is 1.00. The summed E-state index contributed by atoms with van der Waals surface area (Å²) in [6.45, 7) is 13.3. The van der Waals surface area contributed by atoms with Gasteiger partial charge in [-0.25, -0.2) is 0 Å². The number of aliphatic hydroxyl groups excluding tert-OH is 1. The van der Waals surface area contributed by atoms with E-state index >= 15 is 0 Å². The molecule has 3 heteroatoms. The number of rotatable bonds is 8. The Bertz CT molecular complexity index is 275. The van der Waals surface area contributed by atoms with Crippen molar-refractivity contribution in [3.63, 3.8) is 0 Å². The summed E-state index contributed by atoms with van der Waals surface area (Å²) in [6.07, 6.45) is 6.25. The van der Waals surface area contributed by atoms with Crippen molar-refractivity contribution in [2.45, 2.75) is 78.9 Å². The van der Waals surface area contributed by atoms with E-state index in [4.69, 9.17) is 4.74 Å². The molecule has 4 atom stereocenters. The number of hydrogen-bond donors (Lipinski definition) is 2. The predicted molar refractivity (Wildman–Crippen MR) is 89.5 cm³/mol. The van der Waals surface area contributed by atoms with Crippen molar-refractivity contribution in [1.82, 2.24) is 5.32 Å². The van der Waals surface area contributed by atoms with Gasteiger partial charge in [-0.1, -0.05) is 53.9 Å². The first-order valence-electron chi connectivity index (χ1n) is 8.85. The first-order valence-corrected chi connectivity index (χ1v) is 8.85. The van der Waals surface area contributed by atoms with Gasteiger partial charge in [0.25, 0.3) is 0 Å². The van der Waals surface area contributed by atoms with Crippen LogP contribution in [-0.4, -0.2) is 37.0 Å². The normalized spacial score (nSPS) is 26.6. The predicted octanol–water partition coefficient (Wildman–Crippen LogP) is 3.60. The smallest absolute Gasteiger partial charge is 0.0897 e. The van der Waals surface area contributed by atoms with Gasteiger partial charge >= 0.3 is 0 Å². The second-order valence-electron chi connectivity index (χ2n) is 7.90. The lowest BCUT2D eigenvalue weighted by Gasteiger charge is -2.31. The van der Waals surface area contributed by atoms with Crippen LogP contribution in [0.25, 0.3) is 0 Å². The summed E-state index contributed by atoms with van der Waals surface area (Å²) in [6, 6.07) is 0. The first kappa shape index (κ1) is 18.9. The van der Waals surface area contributed by atoms with E-state index in [1.807, 2.05) is 0 Å². The largest absolute Gasteiger partial charge is 0.389 e. The molecule has 21 heavy (non-hydrogen) atoms. The maximum atomic E-state index is 10.1. The molecule has 0 bridgehead atoms. The second-order valence-corrected chi connectivity index (χ2v) is 7.90. The third-order valence-electron chi connectivity index (χ3n) is 5.18. The molecule has 0 aromatic rings. The molecule has 0 aromatic carbocycles. The number of aliphatic hydroxyl groups is 1. The highest BCUT2D eigenvalue weighted by molar-refractivity contribution is 4.76. The number of hydrogen-bond acceptors (Lipinski definition) is 3. The van der Waals surface area contributed by atoms with Gasteiger partial charge in [-0.05, 0) is 36.6 Å². The fourth-order valence-corrected chi connectivity index (χ4v) is 2.93. The van der Waals surface area contributed by atoms with Crippen LogP contribution in [0.15, 0.2) is 0 Å². The molecule has 1 rings (SSSR count). The van der Waals surface area contributed by atoms with E-state index in [0.29, 0.717) is 36.5 Å². The van der Waals surface area contributed by atoms with E-state index in [2.05, 4.69) is 39.9 Å². The van der Waals surface area contributed by atoms with Crippen molar-refractivity contribution in [1.29, 1.82) is 0 Å². The van der Waals surface area contributed by atoms with Crippen molar-refractivity contribution in [2.24, 2.45) is 17.3 Å². The molecular weight excluding hydrogens is 262 g/mol. The Morgan fingerprint density at radius 3 is 2.48 bits per heavy atom. The standard InChI is InChI=1S/C18H37NO2/c1-6-15-9-7-8-10-17(15)21-13-16(20)12-19-11-14(2)18(3,4)5/h14-17,19-20H,6-13H2,1-5H3.